The third kappa shape index (κ3) is 1.01. The molecular formula is C6H12O2. The van der Waals surface area contributed by atoms with Crippen molar-refractivity contribution >= 4 is 0 Å². The van der Waals surface area contributed by atoms with E-state index >= 15 is 0 Å². The molecular weight excluding hydrogens is 104 g/mol. The first-order chi connectivity index (χ1) is 3.75. The Bertz CT molecular complexity index is 80.6. The van der Waals surface area contributed by atoms with Crippen LogP contribution in [0.25, 0.3) is 0 Å². The Kier molecular flexibility index (Phi) is 1.54. The van der Waals surface area contributed by atoms with Crippen LogP contribution in [0.5, 0.6) is 0 Å². The highest BCUT2D eigenvalue weighted by atomic mass is 16.3. The molecule has 0 unspecified atom stereocenters. The van der Waals surface area contributed by atoms with Gasteiger partial charge in [0.05, 0.1) is 6.10 Å². The minimum Gasteiger partial charge on any atom is -0.396 e. The van der Waals surface area contributed by atoms with Crippen molar-refractivity contribution in [2.75, 3.05) is 6.61 Å². The summed E-state index contributed by atoms with van der Waals surface area (Å²) in [6, 6.07) is 0. The van der Waals surface area contributed by atoms with Gasteiger partial charge in [-0.1, -0.05) is 0 Å². The first kappa shape index (κ1) is 6.05. The van der Waals surface area contributed by atoms with Gasteiger partial charge in [-0.25, -0.2) is 0 Å². The van der Waals surface area contributed by atoms with Crippen LogP contribution in [0.15, 0.2) is 0 Å². The Morgan fingerprint density at radius 3 is 2.50 bits per heavy atom. The zero-order chi connectivity index (χ0) is 6.15. The van der Waals surface area contributed by atoms with Crippen LogP contribution < -0.4 is 0 Å². The van der Waals surface area contributed by atoms with Crippen LogP contribution in [0.4, 0.5) is 0 Å². The summed E-state index contributed by atoms with van der Waals surface area (Å²) in [5.74, 6) is 0.787. The minimum absolute atomic E-state index is 0.216. The van der Waals surface area contributed by atoms with Gasteiger partial charge in [-0.15, -0.1) is 0 Å². The molecule has 0 aromatic carbocycles. The second kappa shape index (κ2) is 2.03. The summed E-state index contributed by atoms with van der Waals surface area (Å²) in [6.45, 7) is 2.02. The largest absolute Gasteiger partial charge is 0.396 e. The van der Waals surface area contributed by atoms with E-state index in [9.17, 15) is 0 Å². The second-order valence-corrected chi connectivity index (χ2v) is 2.58. The van der Waals surface area contributed by atoms with Crippen LogP contribution in [-0.2, 0) is 0 Å². The van der Waals surface area contributed by atoms with Crippen LogP contribution in [0.3, 0.4) is 0 Å². The molecule has 0 aromatic heterocycles. The molecule has 0 bridgehead atoms. The molecule has 0 spiro atoms. The van der Waals surface area contributed by atoms with Crippen molar-refractivity contribution in [1.29, 1.82) is 0 Å². The Morgan fingerprint density at radius 2 is 2.38 bits per heavy atom. The first-order valence-corrected chi connectivity index (χ1v) is 3.04. The van der Waals surface area contributed by atoms with Crippen molar-refractivity contribution in [2.45, 2.75) is 19.4 Å². The molecule has 8 heavy (non-hydrogen) atoms. The van der Waals surface area contributed by atoms with E-state index < -0.39 is 0 Å². The summed E-state index contributed by atoms with van der Waals surface area (Å²) < 4.78 is 0. The molecule has 1 fully saturated rings. The van der Waals surface area contributed by atoms with Gasteiger partial charge >= 0.3 is 0 Å². The Hall–Kier alpha value is -0.0800. The Labute approximate surface area is 49.1 Å². The van der Waals surface area contributed by atoms with Gasteiger partial charge in [-0.3, -0.25) is 0 Å². The van der Waals surface area contributed by atoms with E-state index in [-0.39, 0.29) is 12.7 Å². The second-order valence-electron chi connectivity index (χ2n) is 2.58. The Balaban J connectivity index is 2.16. The number of hydrogen-bond donors (Lipinski definition) is 2. The van der Waals surface area contributed by atoms with Crippen molar-refractivity contribution in [3.05, 3.63) is 0 Å². The van der Waals surface area contributed by atoms with E-state index in [2.05, 4.69) is 0 Å². The van der Waals surface area contributed by atoms with E-state index in [1.54, 1.807) is 6.92 Å². The molecule has 0 radical (unpaired) electrons. The summed E-state index contributed by atoms with van der Waals surface area (Å²) in [6.07, 6.45) is 0.792. The van der Waals surface area contributed by atoms with Gasteiger partial charge in [0.2, 0.25) is 0 Å². The maximum absolute atomic E-state index is 8.88. The predicted octanol–water partition coefficient (Wildman–Crippen LogP) is -0.00440. The number of hydrogen-bond acceptors (Lipinski definition) is 2. The van der Waals surface area contributed by atoms with Crippen LogP contribution in [0.1, 0.15) is 13.3 Å². The van der Waals surface area contributed by atoms with Gasteiger partial charge < -0.3 is 10.2 Å². The fourth-order valence-corrected chi connectivity index (χ4v) is 1.07. The van der Waals surface area contributed by atoms with E-state index in [0.717, 1.165) is 6.42 Å². The topological polar surface area (TPSA) is 40.5 Å². The molecule has 48 valence electrons. The van der Waals surface area contributed by atoms with Gasteiger partial charge in [0.25, 0.3) is 0 Å². The molecule has 2 heteroatoms. The number of aliphatic hydroxyl groups excluding tert-OH is 2. The van der Waals surface area contributed by atoms with Gasteiger partial charge in [0, 0.05) is 6.61 Å². The normalized spacial score (nSPS) is 39.4. The average Bonchev–Trinajstić information content (AvgIpc) is 2.42. The van der Waals surface area contributed by atoms with Gasteiger partial charge in [0.1, 0.15) is 0 Å². The lowest BCUT2D eigenvalue weighted by Crippen LogP contribution is -2.05. The SMILES string of the molecule is C[C@H](O)[C@@H]1C[C@H]1CO. The molecule has 3 atom stereocenters. The van der Waals surface area contributed by atoms with E-state index in [1.807, 2.05) is 0 Å². The molecule has 1 aliphatic rings. The van der Waals surface area contributed by atoms with Gasteiger partial charge in [0.15, 0.2) is 0 Å². The van der Waals surface area contributed by atoms with Crippen LogP contribution >= 0.6 is 0 Å². The number of aliphatic hydroxyl groups is 2. The van der Waals surface area contributed by atoms with Crippen molar-refractivity contribution in [3.8, 4) is 0 Å². The standard InChI is InChI=1S/C6H12O2/c1-4(8)6-2-5(6)3-7/h4-8H,2-3H2,1H3/t4-,5-,6-/m0/s1. The van der Waals surface area contributed by atoms with Crippen molar-refractivity contribution in [2.24, 2.45) is 11.8 Å². The highest BCUT2D eigenvalue weighted by Crippen LogP contribution is 2.40. The fraction of sp³-hybridized carbons (Fsp3) is 1.00. The summed E-state index contributed by atoms with van der Waals surface area (Å²) in [5, 5.41) is 17.4. The van der Waals surface area contributed by atoms with Gasteiger partial charge in [-0.05, 0) is 25.2 Å². The van der Waals surface area contributed by atoms with E-state index in [4.69, 9.17) is 10.2 Å². The highest BCUT2D eigenvalue weighted by Gasteiger charge is 2.39. The Morgan fingerprint density at radius 1 is 1.75 bits per heavy atom. The molecule has 0 saturated heterocycles. The first-order valence-electron chi connectivity index (χ1n) is 3.04. The van der Waals surface area contributed by atoms with Crippen LogP contribution in [0.2, 0.25) is 0 Å². The third-order valence-corrected chi connectivity index (χ3v) is 1.83. The van der Waals surface area contributed by atoms with Gasteiger partial charge in [-0.2, -0.15) is 0 Å². The monoisotopic (exact) mass is 116 g/mol. The molecule has 0 aliphatic heterocycles. The third-order valence-electron chi connectivity index (χ3n) is 1.83. The average molecular weight is 116 g/mol. The lowest BCUT2D eigenvalue weighted by Gasteiger charge is -1.98. The van der Waals surface area contributed by atoms with Crippen molar-refractivity contribution in [3.63, 3.8) is 0 Å². The van der Waals surface area contributed by atoms with Crippen molar-refractivity contribution in [1.82, 2.24) is 0 Å². The highest BCUT2D eigenvalue weighted by molar-refractivity contribution is 4.88. The summed E-state index contributed by atoms with van der Waals surface area (Å²) in [7, 11) is 0. The smallest absolute Gasteiger partial charge is 0.0543 e. The number of rotatable bonds is 2. The maximum Gasteiger partial charge on any atom is 0.0543 e. The van der Waals surface area contributed by atoms with E-state index in [0.29, 0.717) is 11.8 Å². The quantitative estimate of drug-likeness (QED) is 0.533. The summed E-state index contributed by atoms with van der Waals surface area (Å²) in [5.41, 5.74) is 0. The molecule has 0 amide bonds. The molecule has 2 N–H and O–H groups in total. The molecule has 1 aliphatic carbocycles. The fourth-order valence-electron chi connectivity index (χ4n) is 1.07. The lowest BCUT2D eigenvalue weighted by molar-refractivity contribution is 0.153. The van der Waals surface area contributed by atoms with Crippen LogP contribution in [-0.4, -0.2) is 22.9 Å². The summed E-state index contributed by atoms with van der Waals surface area (Å²) >= 11 is 0. The maximum atomic E-state index is 8.88. The zero-order valence-electron chi connectivity index (χ0n) is 5.04. The molecule has 1 rings (SSSR count). The molecule has 2 nitrogen and oxygen atoms in total. The lowest BCUT2D eigenvalue weighted by atomic mass is 10.2. The van der Waals surface area contributed by atoms with E-state index in [1.165, 1.54) is 0 Å². The predicted molar refractivity (Wildman–Crippen MR) is 30.4 cm³/mol. The molecule has 0 aromatic rings. The summed E-state index contributed by atoms with van der Waals surface area (Å²) in [4.78, 5) is 0. The molecule has 1 saturated carbocycles. The zero-order valence-corrected chi connectivity index (χ0v) is 5.04. The molecule has 0 heterocycles. The van der Waals surface area contributed by atoms with Crippen LogP contribution in [0, 0.1) is 11.8 Å². The van der Waals surface area contributed by atoms with Crippen molar-refractivity contribution < 1.29 is 10.2 Å². The minimum atomic E-state index is -0.216.